The molecule has 0 aromatic carbocycles. The Kier molecular flexibility index (Phi) is 3.60. The smallest absolute Gasteiger partial charge is 0.254 e. The van der Waals surface area contributed by atoms with Gasteiger partial charge in [0.25, 0.3) is 5.91 Å². The number of nitrogens with zero attached hydrogens (tertiary/aromatic N) is 3. The van der Waals surface area contributed by atoms with E-state index in [0.29, 0.717) is 11.7 Å². The average Bonchev–Trinajstić information content (AvgIpc) is 3.29. The van der Waals surface area contributed by atoms with Gasteiger partial charge in [-0.15, -0.1) is 0 Å². The molecule has 21 heavy (non-hydrogen) atoms. The maximum atomic E-state index is 13.6. The molecule has 0 spiro atoms. The maximum absolute atomic E-state index is 13.6. The Hall–Kier alpha value is -2.37. The lowest BCUT2D eigenvalue weighted by molar-refractivity contribution is 0.0925. The molecule has 2 aromatic rings. The summed E-state index contributed by atoms with van der Waals surface area (Å²) in [5, 5.41) is 2.85. The summed E-state index contributed by atoms with van der Waals surface area (Å²) in [4.78, 5) is 24.5. The first-order valence-corrected chi connectivity index (χ1v) is 6.85. The summed E-state index contributed by atoms with van der Waals surface area (Å²) in [6, 6.07) is 2.90. The van der Waals surface area contributed by atoms with Crippen LogP contribution in [0.25, 0.3) is 0 Å². The van der Waals surface area contributed by atoms with Gasteiger partial charge in [-0.3, -0.25) is 9.78 Å². The third kappa shape index (κ3) is 3.04. The van der Waals surface area contributed by atoms with Crippen LogP contribution in [0.3, 0.4) is 0 Å². The van der Waals surface area contributed by atoms with E-state index < -0.39 is 11.7 Å². The summed E-state index contributed by atoms with van der Waals surface area (Å²) in [7, 11) is 0. The van der Waals surface area contributed by atoms with Crippen LogP contribution >= 0.6 is 0 Å². The highest BCUT2D eigenvalue weighted by atomic mass is 19.1. The van der Waals surface area contributed by atoms with E-state index in [9.17, 15) is 9.18 Å². The Bertz CT molecular complexity index is 672. The van der Waals surface area contributed by atoms with E-state index in [-0.39, 0.29) is 11.6 Å². The number of rotatable bonds is 4. The van der Waals surface area contributed by atoms with E-state index >= 15 is 0 Å². The highest BCUT2D eigenvalue weighted by molar-refractivity contribution is 5.94. The molecule has 1 aliphatic rings. The van der Waals surface area contributed by atoms with Gasteiger partial charge >= 0.3 is 0 Å². The number of aromatic nitrogens is 3. The average molecular weight is 286 g/mol. The molecule has 1 N–H and O–H groups in total. The fourth-order valence-electron chi connectivity index (χ4n) is 2.22. The topological polar surface area (TPSA) is 67.8 Å². The van der Waals surface area contributed by atoms with Gasteiger partial charge in [0.2, 0.25) is 0 Å². The van der Waals surface area contributed by atoms with Crippen molar-refractivity contribution in [3.8, 4) is 0 Å². The molecule has 108 valence electrons. The number of carbonyl (C=O) groups excluding carboxylic acids is 1. The Morgan fingerprint density at radius 3 is 2.86 bits per heavy atom. The van der Waals surface area contributed by atoms with Gasteiger partial charge in [-0.1, -0.05) is 0 Å². The van der Waals surface area contributed by atoms with Crippen LogP contribution in [-0.4, -0.2) is 20.9 Å². The Morgan fingerprint density at radius 1 is 1.38 bits per heavy atom. The highest BCUT2D eigenvalue weighted by Crippen LogP contribution is 2.40. The number of amides is 1. The lowest BCUT2D eigenvalue weighted by atomic mass is 10.1. The molecular formula is C15H15FN4O. The van der Waals surface area contributed by atoms with Crippen molar-refractivity contribution in [2.24, 2.45) is 5.92 Å². The molecule has 1 atom stereocenters. The van der Waals surface area contributed by atoms with Gasteiger partial charge in [0.1, 0.15) is 0 Å². The van der Waals surface area contributed by atoms with Crippen LogP contribution in [0.4, 0.5) is 4.39 Å². The lowest BCUT2D eigenvalue weighted by Gasteiger charge is -2.17. The van der Waals surface area contributed by atoms with Gasteiger partial charge in [0, 0.05) is 18.1 Å². The molecule has 1 unspecified atom stereocenters. The molecule has 1 saturated carbocycles. The molecule has 6 heteroatoms. The molecule has 1 fully saturated rings. The summed E-state index contributed by atoms with van der Waals surface area (Å²) in [5.74, 6) is -0.187. The molecule has 5 nitrogen and oxygen atoms in total. The lowest BCUT2D eigenvalue weighted by Crippen LogP contribution is -2.31. The molecule has 0 saturated heterocycles. The first-order valence-electron chi connectivity index (χ1n) is 6.85. The second-order valence-corrected chi connectivity index (χ2v) is 5.20. The first kappa shape index (κ1) is 13.6. The van der Waals surface area contributed by atoms with E-state index in [4.69, 9.17) is 0 Å². The zero-order valence-electron chi connectivity index (χ0n) is 11.6. The van der Waals surface area contributed by atoms with Crippen molar-refractivity contribution in [1.29, 1.82) is 0 Å². The first-order chi connectivity index (χ1) is 10.1. The molecule has 2 aromatic heterocycles. The van der Waals surface area contributed by atoms with Crippen molar-refractivity contribution in [3.63, 3.8) is 0 Å². The van der Waals surface area contributed by atoms with Crippen molar-refractivity contribution in [1.82, 2.24) is 20.3 Å². The van der Waals surface area contributed by atoms with Crippen LogP contribution in [0.1, 0.15) is 40.8 Å². The molecule has 0 bridgehead atoms. The van der Waals surface area contributed by atoms with Crippen molar-refractivity contribution < 1.29 is 9.18 Å². The largest absolute Gasteiger partial charge is 0.342 e. The monoisotopic (exact) mass is 286 g/mol. The number of hydrogen-bond donors (Lipinski definition) is 1. The number of aryl methyl sites for hydroxylation is 1. The third-order valence-electron chi connectivity index (χ3n) is 3.49. The molecule has 1 amide bonds. The van der Waals surface area contributed by atoms with Crippen LogP contribution in [-0.2, 0) is 0 Å². The summed E-state index contributed by atoms with van der Waals surface area (Å²) in [6.45, 7) is 1.87. The van der Waals surface area contributed by atoms with Gasteiger partial charge in [-0.2, -0.15) is 0 Å². The zero-order valence-corrected chi connectivity index (χ0v) is 11.6. The maximum Gasteiger partial charge on any atom is 0.254 e. The Morgan fingerprint density at radius 2 is 2.19 bits per heavy atom. The SMILES string of the molecule is Cc1ccnc(C(NC(=O)c2ccncc2F)C2CC2)n1. The van der Waals surface area contributed by atoms with Crippen molar-refractivity contribution in [3.05, 3.63) is 53.6 Å². The van der Waals surface area contributed by atoms with Crippen molar-refractivity contribution in [2.45, 2.75) is 25.8 Å². The summed E-state index contributed by atoms with van der Waals surface area (Å²) >= 11 is 0. The summed E-state index contributed by atoms with van der Waals surface area (Å²) in [6.07, 6.45) is 6.13. The molecule has 1 aliphatic carbocycles. The Balaban J connectivity index is 1.83. The minimum absolute atomic E-state index is 0.0108. The van der Waals surface area contributed by atoms with Crippen molar-refractivity contribution >= 4 is 5.91 Å². The van der Waals surface area contributed by atoms with Gasteiger partial charge in [-0.05, 0) is 37.8 Å². The standard InChI is InChI=1S/C15H15FN4O/c1-9-4-7-18-14(19-9)13(10-2-3-10)20-15(21)11-5-6-17-8-12(11)16/h4-8,10,13H,2-3H2,1H3,(H,20,21). The predicted molar refractivity (Wildman–Crippen MR) is 73.9 cm³/mol. The molecule has 0 radical (unpaired) electrons. The fourth-order valence-corrected chi connectivity index (χ4v) is 2.22. The third-order valence-corrected chi connectivity index (χ3v) is 3.49. The fraction of sp³-hybridized carbons (Fsp3) is 0.333. The molecule has 3 rings (SSSR count). The second-order valence-electron chi connectivity index (χ2n) is 5.20. The number of nitrogens with one attached hydrogen (secondary N) is 1. The van der Waals surface area contributed by atoms with Crippen LogP contribution < -0.4 is 5.32 Å². The van der Waals surface area contributed by atoms with Crippen LogP contribution in [0.15, 0.2) is 30.7 Å². The van der Waals surface area contributed by atoms with Gasteiger partial charge in [-0.25, -0.2) is 14.4 Å². The van der Waals surface area contributed by atoms with Crippen LogP contribution in [0, 0.1) is 18.7 Å². The molecular weight excluding hydrogens is 271 g/mol. The summed E-state index contributed by atoms with van der Waals surface area (Å²) < 4.78 is 13.6. The van der Waals surface area contributed by atoms with Gasteiger partial charge in [0.05, 0.1) is 17.8 Å². The van der Waals surface area contributed by atoms with E-state index in [1.54, 1.807) is 12.3 Å². The van der Waals surface area contributed by atoms with E-state index in [0.717, 1.165) is 24.7 Å². The summed E-state index contributed by atoms with van der Waals surface area (Å²) in [5.41, 5.74) is 0.832. The minimum atomic E-state index is -0.630. The number of carbonyl (C=O) groups is 1. The second kappa shape index (κ2) is 5.55. The minimum Gasteiger partial charge on any atom is -0.342 e. The normalized spacial score (nSPS) is 15.5. The van der Waals surface area contributed by atoms with Gasteiger partial charge in [0.15, 0.2) is 11.6 Å². The Labute approximate surface area is 121 Å². The zero-order chi connectivity index (χ0) is 14.8. The van der Waals surface area contributed by atoms with E-state index in [2.05, 4.69) is 20.3 Å². The quantitative estimate of drug-likeness (QED) is 0.935. The molecule has 2 heterocycles. The number of halogens is 1. The van der Waals surface area contributed by atoms with E-state index in [1.165, 1.54) is 12.3 Å². The van der Waals surface area contributed by atoms with Crippen molar-refractivity contribution in [2.75, 3.05) is 0 Å². The number of pyridine rings is 1. The highest BCUT2D eigenvalue weighted by Gasteiger charge is 2.35. The van der Waals surface area contributed by atoms with Crippen LogP contribution in [0.5, 0.6) is 0 Å². The molecule has 0 aliphatic heterocycles. The van der Waals surface area contributed by atoms with Gasteiger partial charge < -0.3 is 5.32 Å². The predicted octanol–water partition coefficient (Wildman–Crippen LogP) is 2.20. The van der Waals surface area contributed by atoms with E-state index in [1.807, 2.05) is 6.92 Å². The number of hydrogen-bond acceptors (Lipinski definition) is 4. The van der Waals surface area contributed by atoms with Crippen LogP contribution in [0.2, 0.25) is 0 Å².